The van der Waals surface area contributed by atoms with Crippen LogP contribution in [0.4, 0.5) is 0 Å². The third-order valence-electron chi connectivity index (χ3n) is 7.33. The molecule has 3 amide bonds. The van der Waals surface area contributed by atoms with Gasteiger partial charge in [0.25, 0.3) is 5.91 Å². The summed E-state index contributed by atoms with van der Waals surface area (Å²) in [4.78, 5) is 52.5. The molecule has 3 aliphatic rings. The molecular formula is C27H29N3O8. The molecule has 0 aliphatic carbocycles. The number of hydrogen-bond acceptors (Lipinski definition) is 8. The molecule has 2 atom stereocenters. The van der Waals surface area contributed by atoms with Gasteiger partial charge in [-0.1, -0.05) is 18.2 Å². The number of carboxylic acids is 1. The Morgan fingerprint density at radius 3 is 2.66 bits per heavy atom. The normalized spacial score (nSPS) is 20.7. The summed E-state index contributed by atoms with van der Waals surface area (Å²) in [7, 11) is 0. The highest BCUT2D eigenvalue weighted by Gasteiger charge is 2.40. The summed E-state index contributed by atoms with van der Waals surface area (Å²) in [5, 5.41) is 22.2. The van der Waals surface area contributed by atoms with Crippen LogP contribution in [-0.2, 0) is 27.5 Å². The van der Waals surface area contributed by atoms with Crippen LogP contribution in [0.2, 0.25) is 0 Å². The number of benzene rings is 2. The third kappa shape index (κ3) is 5.00. The van der Waals surface area contributed by atoms with Gasteiger partial charge in [0.1, 0.15) is 18.4 Å². The Morgan fingerprint density at radius 1 is 1.16 bits per heavy atom. The summed E-state index contributed by atoms with van der Waals surface area (Å²) in [5.41, 5.74) is 2.24. The first-order valence-corrected chi connectivity index (χ1v) is 12.6. The fraction of sp³-hybridized carbons (Fsp3) is 0.407. The zero-order chi connectivity index (χ0) is 26.8. The molecule has 3 heterocycles. The SMILES string of the molecule is O=C1CC[C@H](N2Cc3c(OCc4ccc(C(CO)N5CCOCC5)cc4C(=O)O)cccc3C2=O)C(=O)N1. The van der Waals surface area contributed by atoms with E-state index in [2.05, 4.69) is 10.2 Å². The van der Waals surface area contributed by atoms with Gasteiger partial charge in [-0.3, -0.25) is 24.6 Å². The highest BCUT2D eigenvalue weighted by molar-refractivity contribution is 6.05. The highest BCUT2D eigenvalue weighted by Crippen LogP contribution is 2.34. The number of imide groups is 1. The monoisotopic (exact) mass is 523 g/mol. The molecule has 3 aliphatic heterocycles. The molecule has 0 bridgehead atoms. The molecule has 3 N–H and O–H groups in total. The van der Waals surface area contributed by atoms with E-state index in [1.54, 1.807) is 36.4 Å². The molecule has 0 saturated carbocycles. The lowest BCUT2D eigenvalue weighted by Crippen LogP contribution is -2.52. The van der Waals surface area contributed by atoms with Gasteiger partial charge in [0.05, 0.1) is 38.0 Å². The van der Waals surface area contributed by atoms with E-state index in [-0.39, 0.29) is 56.0 Å². The maximum absolute atomic E-state index is 13.0. The van der Waals surface area contributed by atoms with Crippen LogP contribution in [0.25, 0.3) is 0 Å². The number of hydrogen-bond donors (Lipinski definition) is 3. The van der Waals surface area contributed by atoms with E-state index in [1.807, 2.05) is 0 Å². The molecule has 11 heteroatoms. The van der Waals surface area contributed by atoms with E-state index in [9.17, 15) is 29.4 Å². The van der Waals surface area contributed by atoms with Crippen molar-refractivity contribution in [3.63, 3.8) is 0 Å². The van der Waals surface area contributed by atoms with E-state index >= 15 is 0 Å². The van der Waals surface area contributed by atoms with Crippen LogP contribution in [-0.4, -0.2) is 82.7 Å². The molecule has 0 spiro atoms. The Bertz CT molecular complexity index is 1270. The van der Waals surface area contributed by atoms with Crippen molar-refractivity contribution < 1.29 is 38.9 Å². The number of carbonyl (C=O) groups is 4. The van der Waals surface area contributed by atoms with E-state index < -0.39 is 17.9 Å². The second-order valence-electron chi connectivity index (χ2n) is 9.54. The van der Waals surface area contributed by atoms with E-state index in [0.717, 1.165) is 0 Å². The molecule has 2 saturated heterocycles. The van der Waals surface area contributed by atoms with Gasteiger partial charge in [-0.15, -0.1) is 0 Å². The van der Waals surface area contributed by atoms with Crippen LogP contribution in [0.1, 0.15) is 56.3 Å². The molecule has 2 aromatic rings. The lowest BCUT2D eigenvalue weighted by Gasteiger charge is -2.33. The summed E-state index contributed by atoms with van der Waals surface area (Å²) >= 11 is 0. The predicted molar refractivity (Wildman–Crippen MR) is 132 cm³/mol. The summed E-state index contributed by atoms with van der Waals surface area (Å²) in [5.74, 6) is -1.84. The van der Waals surface area contributed by atoms with Crippen molar-refractivity contribution >= 4 is 23.7 Å². The number of morpholine rings is 1. The number of nitrogens with zero attached hydrogens (tertiary/aromatic N) is 2. The first-order chi connectivity index (χ1) is 18.4. The summed E-state index contributed by atoms with van der Waals surface area (Å²) in [6.45, 7) is 2.35. The Labute approximate surface area is 218 Å². The number of carbonyl (C=O) groups excluding carboxylic acids is 3. The minimum atomic E-state index is -1.11. The Balaban J connectivity index is 1.34. The van der Waals surface area contributed by atoms with Crippen LogP contribution in [0.15, 0.2) is 36.4 Å². The van der Waals surface area contributed by atoms with Crippen LogP contribution in [0, 0.1) is 0 Å². The number of piperidine rings is 1. The van der Waals surface area contributed by atoms with Crippen molar-refractivity contribution in [3.8, 4) is 5.75 Å². The van der Waals surface area contributed by atoms with Gasteiger partial charge in [-0.25, -0.2) is 4.79 Å². The molecule has 0 radical (unpaired) electrons. The average Bonchev–Trinajstić information content (AvgIpc) is 3.25. The first-order valence-electron chi connectivity index (χ1n) is 12.6. The zero-order valence-electron chi connectivity index (χ0n) is 20.7. The number of carboxylic acid groups (broad SMARTS) is 1. The van der Waals surface area contributed by atoms with Crippen LogP contribution in [0.5, 0.6) is 5.75 Å². The third-order valence-corrected chi connectivity index (χ3v) is 7.33. The number of nitrogens with one attached hydrogen (secondary N) is 1. The number of rotatable bonds is 8. The number of ether oxygens (including phenoxy) is 2. The number of aliphatic hydroxyl groups is 1. The maximum atomic E-state index is 13.0. The molecule has 1 unspecified atom stereocenters. The smallest absolute Gasteiger partial charge is 0.336 e. The molecule has 0 aromatic heterocycles. The number of aliphatic hydroxyl groups excluding tert-OH is 1. The number of fused-ring (bicyclic) bond motifs is 1. The van der Waals surface area contributed by atoms with E-state index in [1.165, 1.54) is 4.90 Å². The zero-order valence-corrected chi connectivity index (χ0v) is 20.7. The topological polar surface area (TPSA) is 146 Å². The van der Waals surface area contributed by atoms with Gasteiger partial charge in [0.15, 0.2) is 0 Å². The standard InChI is InChI=1S/C27H29N3O8/c31-14-22(29-8-10-37-11-9-29)16-4-5-17(19(12-16)27(35)36)15-38-23-3-1-2-18-20(23)13-30(26(18)34)21-6-7-24(32)28-25(21)33/h1-5,12,21-22,31H,6-11,13-15H2,(H,35,36)(H,28,32,33)/t21-,22?/m0/s1. The molecule has 2 aromatic carbocycles. The van der Waals surface area contributed by atoms with Crippen molar-refractivity contribution in [1.82, 2.24) is 15.1 Å². The second-order valence-corrected chi connectivity index (χ2v) is 9.54. The van der Waals surface area contributed by atoms with Crippen molar-refractivity contribution in [1.29, 1.82) is 0 Å². The summed E-state index contributed by atoms with van der Waals surface area (Å²) < 4.78 is 11.4. The fourth-order valence-corrected chi connectivity index (χ4v) is 5.30. The molecule has 2 fully saturated rings. The van der Waals surface area contributed by atoms with Gasteiger partial charge < -0.3 is 24.6 Å². The number of amides is 3. The minimum absolute atomic E-state index is 0.0493. The molecule has 200 valence electrons. The van der Waals surface area contributed by atoms with Gasteiger partial charge >= 0.3 is 5.97 Å². The second kappa shape index (κ2) is 10.9. The predicted octanol–water partition coefficient (Wildman–Crippen LogP) is 1.09. The molecule has 38 heavy (non-hydrogen) atoms. The number of aromatic carboxylic acids is 1. The average molecular weight is 524 g/mol. The maximum Gasteiger partial charge on any atom is 0.336 e. The lowest BCUT2D eigenvalue weighted by atomic mass is 9.98. The fourth-order valence-electron chi connectivity index (χ4n) is 5.30. The van der Waals surface area contributed by atoms with Crippen molar-refractivity contribution in [2.75, 3.05) is 32.9 Å². The minimum Gasteiger partial charge on any atom is -0.489 e. The van der Waals surface area contributed by atoms with Gasteiger partial charge in [0.2, 0.25) is 11.8 Å². The Kier molecular flexibility index (Phi) is 7.41. The van der Waals surface area contributed by atoms with Gasteiger partial charge in [0, 0.05) is 36.2 Å². The Morgan fingerprint density at radius 2 is 1.95 bits per heavy atom. The molecule has 11 nitrogen and oxygen atoms in total. The largest absolute Gasteiger partial charge is 0.489 e. The van der Waals surface area contributed by atoms with E-state index in [0.29, 0.717) is 54.3 Å². The van der Waals surface area contributed by atoms with Crippen LogP contribution >= 0.6 is 0 Å². The highest BCUT2D eigenvalue weighted by atomic mass is 16.5. The lowest BCUT2D eigenvalue weighted by molar-refractivity contribution is -0.136. The first kappa shape index (κ1) is 25.8. The van der Waals surface area contributed by atoms with Crippen LogP contribution < -0.4 is 10.1 Å². The van der Waals surface area contributed by atoms with Gasteiger partial charge in [-0.2, -0.15) is 0 Å². The van der Waals surface area contributed by atoms with Crippen LogP contribution in [0.3, 0.4) is 0 Å². The Hall–Kier alpha value is -3.80. The van der Waals surface area contributed by atoms with Crippen molar-refractivity contribution in [2.45, 2.75) is 38.1 Å². The van der Waals surface area contributed by atoms with Gasteiger partial charge in [-0.05, 0) is 30.2 Å². The summed E-state index contributed by atoms with van der Waals surface area (Å²) in [6.07, 6.45) is 0.421. The molecular weight excluding hydrogens is 494 g/mol. The van der Waals surface area contributed by atoms with Crippen molar-refractivity contribution in [2.24, 2.45) is 0 Å². The quantitative estimate of drug-likeness (QED) is 0.433. The summed E-state index contributed by atoms with van der Waals surface area (Å²) in [6, 6.07) is 9.02. The van der Waals surface area contributed by atoms with Crippen molar-refractivity contribution in [3.05, 3.63) is 64.2 Å². The van der Waals surface area contributed by atoms with E-state index in [4.69, 9.17) is 9.47 Å². The molecule has 5 rings (SSSR count).